The third-order valence-corrected chi connectivity index (χ3v) is 5.56. The van der Waals surface area contributed by atoms with Crippen molar-refractivity contribution in [2.45, 2.75) is 51.5 Å². The highest BCUT2D eigenvalue weighted by Crippen LogP contribution is 2.36. The highest BCUT2D eigenvalue weighted by atomic mass is 32.2. The average Bonchev–Trinajstić information content (AvgIpc) is 2.45. The molecule has 1 heterocycles. The molecule has 0 saturated carbocycles. The maximum atomic E-state index is 12.3. The molecule has 2 rings (SSSR count). The first-order valence-electron chi connectivity index (χ1n) is 8.40. The van der Waals surface area contributed by atoms with E-state index in [2.05, 4.69) is 0 Å². The van der Waals surface area contributed by atoms with Gasteiger partial charge in [0.25, 0.3) is 10.1 Å². The van der Waals surface area contributed by atoms with Crippen LogP contribution in [0.4, 0.5) is 4.79 Å². The maximum absolute atomic E-state index is 12.3. The van der Waals surface area contributed by atoms with Gasteiger partial charge in [-0.05, 0) is 46.2 Å². The van der Waals surface area contributed by atoms with Gasteiger partial charge in [-0.1, -0.05) is 24.6 Å². The Bertz CT molecular complexity index is 713. The minimum absolute atomic E-state index is 0.0546. The number of rotatable bonds is 5. The molecule has 0 N–H and O–H groups in total. The van der Waals surface area contributed by atoms with Gasteiger partial charge in [-0.2, -0.15) is 8.42 Å². The van der Waals surface area contributed by atoms with E-state index in [-0.39, 0.29) is 23.0 Å². The lowest BCUT2D eigenvalue weighted by atomic mass is 9.78. The molecule has 1 aliphatic heterocycles. The third kappa shape index (κ3) is 4.95. The Kier molecular flexibility index (Phi) is 5.49. The van der Waals surface area contributed by atoms with E-state index in [0.717, 1.165) is 12.0 Å². The molecule has 1 aliphatic rings. The number of carbonyl (C=O) groups is 1. The summed E-state index contributed by atoms with van der Waals surface area (Å²) in [6.45, 7) is 10.2. The second kappa shape index (κ2) is 6.96. The second-order valence-corrected chi connectivity index (χ2v) is 9.33. The lowest BCUT2D eigenvalue weighted by Gasteiger charge is -2.49. The third-order valence-electron chi connectivity index (χ3n) is 4.28. The van der Waals surface area contributed by atoms with Crippen molar-refractivity contribution in [3.05, 3.63) is 29.8 Å². The Hall–Kier alpha value is -1.60. The highest BCUT2D eigenvalue weighted by molar-refractivity contribution is 7.86. The molecule has 1 aromatic rings. The van der Waals surface area contributed by atoms with Crippen LogP contribution in [0.1, 0.15) is 39.7 Å². The minimum atomic E-state index is -3.80. The zero-order valence-electron chi connectivity index (χ0n) is 15.5. The molecular formula is C18H27NO5S. The van der Waals surface area contributed by atoms with Gasteiger partial charge in [0, 0.05) is 18.5 Å². The zero-order chi connectivity index (χ0) is 18.9. The smallest absolute Gasteiger partial charge is 0.410 e. The fourth-order valence-electron chi connectivity index (χ4n) is 2.61. The lowest BCUT2D eigenvalue weighted by Crippen LogP contribution is -2.61. The molecule has 25 heavy (non-hydrogen) atoms. The summed E-state index contributed by atoms with van der Waals surface area (Å²) >= 11 is 0. The number of carbonyl (C=O) groups excluding carboxylic acids is 1. The van der Waals surface area contributed by atoms with E-state index in [0.29, 0.717) is 13.1 Å². The van der Waals surface area contributed by atoms with Crippen LogP contribution in [0.2, 0.25) is 0 Å². The topological polar surface area (TPSA) is 72.9 Å². The first-order valence-corrected chi connectivity index (χ1v) is 9.81. The van der Waals surface area contributed by atoms with E-state index in [1.165, 1.54) is 12.1 Å². The van der Waals surface area contributed by atoms with Gasteiger partial charge in [0.05, 0.1) is 11.5 Å². The standard InChI is InChI=1S/C18H27NO5S/c1-6-18(11-19(12-18)16(20)24-17(3,4)5)13-23-25(21,22)15-9-7-14(2)8-10-15/h7-10H,6,11-13H2,1-5H3. The van der Waals surface area contributed by atoms with Crippen molar-refractivity contribution in [1.82, 2.24) is 4.90 Å². The molecule has 0 bridgehead atoms. The van der Waals surface area contributed by atoms with Crippen LogP contribution in [0.25, 0.3) is 0 Å². The Morgan fingerprint density at radius 1 is 1.20 bits per heavy atom. The molecule has 140 valence electrons. The van der Waals surface area contributed by atoms with E-state index in [4.69, 9.17) is 8.92 Å². The molecule has 1 amide bonds. The van der Waals surface area contributed by atoms with Crippen molar-refractivity contribution in [3.63, 3.8) is 0 Å². The summed E-state index contributed by atoms with van der Waals surface area (Å²) in [6, 6.07) is 6.55. The van der Waals surface area contributed by atoms with Crippen molar-refractivity contribution >= 4 is 16.2 Å². The van der Waals surface area contributed by atoms with Crippen LogP contribution in [0.15, 0.2) is 29.2 Å². The SMILES string of the molecule is CCC1(COS(=O)(=O)c2ccc(C)cc2)CN(C(=O)OC(C)(C)C)C1. The summed E-state index contributed by atoms with van der Waals surface area (Å²) in [5.41, 5.74) is 0.0811. The van der Waals surface area contributed by atoms with Crippen LogP contribution in [0.3, 0.4) is 0 Å². The number of amides is 1. The molecule has 0 atom stereocenters. The number of benzene rings is 1. The van der Waals surface area contributed by atoms with Crippen molar-refractivity contribution in [2.75, 3.05) is 19.7 Å². The van der Waals surface area contributed by atoms with Crippen molar-refractivity contribution in [3.8, 4) is 0 Å². The Balaban J connectivity index is 1.95. The molecule has 1 fully saturated rings. The fraction of sp³-hybridized carbons (Fsp3) is 0.611. The van der Waals surface area contributed by atoms with E-state index < -0.39 is 15.7 Å². The number of aryl methyl sites for hydroxylation is 1. The largest absolute Gasteiger partial charge is 0.444 e. The second-order valence-electron chi connectivity index (χ2n) is 7.72. The quantitative estimate of drug-likeness (QED) is 0.744. The minimum Gasteiger partial charge on any atom is -0.444 e. The monoisotopic (exact) mass is 369 g/mol. The number of nitrogens with zero attached hydrogens (tertiary/aromatic N) is 1. The molecule has 1 aromatic carbocycles. The van der Waals surface area contributed by atoms with Gasteiger partial charge >= 0.3 is 6.09 Å². The number of ether oxygens (including phenoxy) is 1. The molecule has 0 aromatic heterocycles. The normalized spacial score (nSPS) is 17.1. The van der Waals surface area contributed by atoms with E-state index in [1.807, 2.05) is 34.6 Å². The van der Waals surface area contributed by atoms with Crippen LogP contribution in [0, 0.1) is 12.3 Å². The molecule has 1 saturated heterocycles. The van der Waals surface area contributed by atoms with E-state index >= 15 is 0 Å². The van der Waals surface area contributed by atoms with Crippen LogP contribution in [0.5, 0.6) is 0 Å². The van der Waals surface area contributed by atoms with E-state index in [1.54, 1.807) is 17.0 Å². The highest BCUT2D eigenvalue weighted by Gasteiger charge is 2.46. The lowest BCUT2D eigenvalue weighted by molar-refractivity contribution is -0.0518. The van der Waals surface area contributed by atoms with Crippen LogP contribution >= 0.6 is 0 Å². The van der Waals surface area contributed by atoms with Gasteiger partial charge in [-0.3, -0.25) is 4.18 Å². The van der Waals surface area contributed by atoms with Crippen molar-refractivity contribution < 1.29 is 22.1 Å². The van der Waals surface area contributed by atoms with Crippen molar-refractivity contribution in [1.29, 1.82) is 0 Å². The van der Waals surface area contributed by atoms with Gasteiger partial charge in [0.15, 0.2) is 0 Å². The molecule has 0 spiro atoms. The summed E-state index contributed by atoms with van der Waals surface area (Å²) < 4.78 is 35.3. The van der Waals surface area contributed by atoms with Crippen LogP contribution in [-0.2, 0) is 19.0 Å². The van der Waals surface area contributed by atoms with E-state index in [9.17, 15) is 13.2 Å². The summed E-state index contributed by atoms with van der Waals surface area (Å²) in [6.07, 6.45) is 0.341. The maximum Gasteiger partial charge on any atom is 0.410 e. The summed E-state index contributed by atoms with van der Waals surface area (Å²) in [5.74, 6) is 0. The zero-order valence-corrected chi connectivity index (χ0v) is 16.4. The first kappa shape index (κ1) is 19.7. The van der Waals surface area contributed by atoms with Gasteiger partial charge in [-0.15, -0.1) is 0 Å². The van der Waals surface area contributed by atoms with Crippen LogP contribution < -0.4 is 0 Å². The molecule has 0 radical (unpaired) electrons. The molecule has 6 nitrogen and oxygen atoms in total. The average molecular weight is 369 g/mol. The van der Waals surface area contributed by atoms with Gasteiger partial charge in [0.2, 0.25) is 0 Å². The predicted molar refractivity (Wildman–Crippen MR) is 94.8 cm³/mol. The fourth-order valence-corrected chi connectivity index (χ4v) is 3.62. The first-order chi connectivity index (χ1) is 11.5. The summed E-state index contributed by atoms with van der Waals surface area (Å²) in [4.78, 5) is 13.8. The Morgan fingerprint density at radius 3 is 2.24 bits per heavy atom. The number of hydrogen-bond acceptors (Lipinski definition) is 5. The molecular weight excluding hydrogens is 342 g/mol. The summed E-state index contributed by atoms with van der Waals surface area (Å²) in [5, 5.41) is 0. The van der Waals surface area contributed by atoms with Gasteiger partial charge in [0.1, 0.15) is 5.60 Å². The Labute approximate surface area is 150 Å². The van der Waals surface area contributed by atoms with Crippen LogP contribution in [-0.4, -0.2) is 44.7 Å². The summed E-state index contributed by atoms with van der Waals surface area (Å²) in [7, 11) is -3.80. The Morgan fingerprint density at radius 2 is 1.76 bits per heavy atom. The number of likely N-dealkylation sites (tertiary alicyclic amines) is 1. The molecule has 0 unspecified atom stereocenters. The van der Waals surface area contributed by atoms with Gasteiger partial charge in [-0.25, -0.2) is 4.79 Å². The van der Waals surface area contributed by atoms with Crippen molar-refractivity contribution in [2.24, 2.45) is 5.41 Å². The number of hydrogen-bond donors (Lipinski definition) is 0. The molecule has 0 aliphatic carbocycles. The van der Waals surface area contributed by atoms with Gasteiger partial charge < -0.3 is 9.64 Å². The predicted octanol–water partition coefficient (Wildman–Crippen LogP) is 3.35. The molecule has 7 heteroatoms.